The molecule has 2 amide bonds. The number of halogens is 1. The van der Waals surface area contributed by atoms with Gasteiger partial charge >= 0.3 is 0 Å². The van der Waals surface area contributed by atoms with E-state index in [2.05, 4.69) is 26.1 Å². The highest BCUT2D eigenvalue weighted by molar-refractivity contribution is 5.87. The summed E-state index contributed by atoms with van der Waals surface area (Å²) < 4.78 is 19.9. The van der Waals surface area contributed by atoms with E-state index in [1.165, 1.54) is 11.0 Å². The number of rotatable bonds is 9. The van der Waals surface area contributed by atoms with Crippen molar-refractivity contribution in [1.29, 1.82) is 0 Å². The van der Waals surface area contributed by atoms with Gasteiger partial charge in [0.05, 0.1) is 0 Å². The minimum Gasteiger partial charge on any atom is -0.484 e. The van der Waals surface area contributed by atoms with Crippen LogP contribution >= 0.6 is 0 Å². The number of nitrogens with zero attached hydrogens (tertiary/aromatic N) is 1. The predicted octanol–water partition coefficient (Wildman–Crippen LogP) is 4.69. The van der Waals surface area contributed by atoms with Crippen LogP contribution in [0.4, 0.5) is 4.39 Å². The lowest BCUT2D eigenvalue weighted by Gasteiger charge is -2.29. The van der Waals surface area contributed by atoms with E-state index in [9.17, 15) is 14.0 Å². The molecule has 2 aromatic rings. The zero-order valence-corrected chi connectivity index (χ0v) is 19.9. The first-order chi connectivity index (χ1) is 15.0. The first-order valence-corrected chi connectivity index (χ1v) is 11.0. The number of benzene rings is 2. The second kappa shape index (κ2) is 11.1. The third-order valence-corrected chi connectivity index (χ3v) is 5.23. The highest BCUT2D eigenvalue weighted by atomic mass is 19.1. The summed E-state index contributed by atoms with van der Waals surface area (Å²) in [6.07, 6.45) is 0. The van der Waals surface area contributed by atoms with Crippen molar-refractivity contribution in [1.82, 2.24) is 10.2 Å². The van der Waals surface area contributed by atoms with E-state index in [1.807, 2.05) is 38.1 Å². The number of amides is 2. The molecule has 0 aromatic heterocycles. The van der Waals surface area contributed by atoms with Crippen LogP contribution in [0.1, 0.15) is 52.7 Å². The number of ether oxygens (including phenoxy) is 1. The van der Waals surface area contributed by atoms with Crippen molar-refractivity contribution in [2.24, 2.45) is 5.92 Å². The van der Waals surface area contributed by atoms with Crippen LogP contribution in [0.3, 0.4) is 0 Å². The molecule has 32 heavy (non-hydrogen) atoms. The Balaban J connectivity index is 2.13. The molecule has 0 bridgehead atoms. The monoisotopic (exact) mass is 442 g/mol. The maximum absolute atomic E-state index is 14.2. The zero-order valence-electron chi connectivity index (χ0n) is 19.9. The fraction of sp³-hybridized carbons (Fsp3) is 0.462. The number of carbonyl (C=O) groups excluding carboxylic acids is 2. The van der Waals surface area contributed by atoms with Gasteiger partial charge in [-0.25, -0.2) is 4.39 Å². The Morgan fingerprint density at radius 3 is 2.22 bits per heavy atom. The van der Waals surface area contributed by atoms with Crippen LogP contribution in [0, 0.1) is 11.7 Å². The third kappa shape index (κ3) is 7.36. The topological polar surface area (TPSA) is 58.6 Å². The fourth-order valence-electron chi connectivity index (χ4n) is 3.12. The van der Waals surface area contributed by atoms with Crippen molar-refractivity contribution in [3.63, 3.8) is 0 Å². The van der Waals surface area contributed by atoms with E-state index in [-0.39, 0.29) is 36.3 Å². The van der Waals surface area contributed by atoms with E-state index in [0.717, 1.165) is 5.56 Å². The maximum Gasteiger partial charge on any atom is 0.261 e. The Kier molecular flexibility index (Phi) is 8.81. The van der Waals surface area contributed by atoms with Gasteiger partial charge in [0, 0.05) is 18.7 Å². The lowest BCUT2D eigenvalue weighted by molar-refractivity contribution is -0.142. The van der Waals surface area contributed by atoms with Crippen LogP contribution in [0.5, 0.6) is 5.75 Å². The third-order valence-electron chi connectivity index (χ3n) is 5.23. The molecule has 1 atom stereocenters. The van der Waals surface area contributed by atoms with Crippen LogP contribution in [0.15, 0.2) is 48.5 Å². The van der Waals surface area contributed by atoms with Crippen LogP contribution in [-0.4, -0.2) is 35.9 Å². The Labute approximate surface area is 191 Å². The largest absolute Gasteiger partial charge is 0.484 e. The average molecular weight is 443 g/mol. The molecule has 0 saturated heterocycles. The summed E-state index contributed by atoms with van der Waals surface area (Å²) >= 11 is 0. The van der Waals surface area contributed by atoms with Gasteiger partial charge in [-0.15, -0.1) is 0 Å². The van der Waals surface area contributed by atoms with Crippen LogP contribution < -0.4 is 10.1 Å². The standard InChI is InChI=1S/C26H35FN2O3/c1-18(2)15-28-25(31)19(3)29(16-20-9-7-8-10-23(20)27)24(30)17-32-22-13-11-21(12-14-22)26(4,5)6/h7-14,18-19H,15-17H2,1-6H3,(H,28,31). The lowest BCUT2D eigenvalue weighted by atomic mass is 9.87. The number of hydrogen-bond acceptors (Lipinski definition) is 3. The molecule has 6 heteroatoms. The quantitative estimate of drug-likeness (QED) is 0.613. The maximum atomic E-state index is 14.2. The van der Waals surface area contributed by atoms with Gasteiger partial charge in [-0.2, -0.15) is 0 Å². The van der Waals surface area contributed by atoms with Crippen molar-refractivity contribution in [2.45, 2.75) is 59.5 Å². The highest BCUT2D eigenvalue weighted by Crippen LogP contribution is 2.24. The van der Waals surface area contributed by atoms with Gasteiger partial charge in [-0.1, -0.05) is 65.0 Å². The van der Waals surface area contributed by atoms with E-state index in [4.69, 9.17) is 4.74 Å². The van der Waals surface area contributed by atoms with Crippen LogP contribution in [0.25, 0.3) is 0 Å². The van der Waals surface area contributed by atoms with Gasteiger partial charge in [0.2, 0.25) is 5.91 Å². The van der Waals surface area contributed by atoms with E-state index in [1.54, 1.807) is 25.1 Å². The zero-order chi connectivity index (χ0) is 23.9. The molecule has 1 N–H and O–H groups in total. The van der Waals surface area contributed by atoms with Crippen molar-refractivity contribution >= 4 is 11.8 Å². The summed E-state index contributed by atoms with van der Waals surface area (Å²) in [7, 11) is 0. The molecule has 0 heterocycles. The van der Waals surface area contributed by atoms with Crippen molar-refractivity contribution in [3.05, 3.63) is 65.5 Å². The van der Waals surface area contributed by atoms with E-state index >= 15 is 0 Å². The molecule has 2 aromatic carbocycles. The van der Waals surface area contributed by atoms with Gasteiger partial charge in [-0.05, 0) is 42.0 Å². The smallest absolute Gasteiger partial charge is 0.261 e. The second-order valence-corrected chi connectivity index (χ2v) is 9.49. The van der Waals surface area contributed by atoms with Crippen LogP contribution in [-0.2, 0) is 21.5 Å². The predicted molar refractivity (Wildman–Crippen MR) is 125 cm³/mol. The van der Waals surface area contributed by atoms with Gasteiger partial charge < -0.3 is 15.0 Å². The number of carbonyl (C=O) groups is 2. The molecular weight excluding hydrogens is 407 g/mol. The van der Waals surface area contributed by atoms with Gasteiger partial charge in [-0.3, -0.25) is 9.59 Å². The molecule has 0 spiro atoms. The molecule has 2 rings (SSSR count). The Hall–Kier alpha value is -2.89. The van der Waals surface area contributed by atoms with Crippen molar-refractivity contribution in [3.8, 4) is 5.75 Å². The second-order valence-electron chi connectivity index (χ2n) is 9.49. The first kappa shape index (κ1) is 25.4. The van der Waals surface area contributed by atoms with Crippen molar-refractivity contribution in [2.75, 3.05) is 13.2 Å². The first-order valence-electron chi connectivity index (χ1n) is 11.0. The number of hydrogen-bond donors (Lipinski definition) is 1. The molecule has 0 aliphatic rings. The molecule has 174 valence electrons. The summed E-state index contributed by atoms with van der Waals surface area (Å²) in [6.45, 7) is 12.2. The molecule has 0 aliphatic heterocycles. The van der Waals surface area contributed by atoms with Gasteiger partial charge in [0.15, 0.2) is 6.61 Å². The molecule has 0 fully saturated rings. The Morgan fingerprint density at radius 2 is 1.66 bits per heavy atom. The van der Waals surface area contributed by atoms with Crippen LogP contribution in [0.2, 0.25) is 0 Å². The molecule has 0 saturated carbocycles. The summed E-state index contributed by atoms with van der Waals surface area (Å²) in [4.78, 5) is 27.0. The fourth-order valence-corrected chi connectivity index (χ4v) is 3.12. The minimum atomic E-state index is -0.771. The van der Waals surface area contributed by atoms with E-state index in [0.29, 0.717) is 17.9 Å². The lowest BCUT2D eigenvalue weighted by Crippen LogP contribution is -2.49. The molecule has 5 nitrogen and oxygen atoms in total. The highest BCUT2D eigenvalue weighted by Gasteiger charge is 2.27. The SMILES string of the molecule is CC(C)CNC(=O)C(C)N(Cc1ccccc1F)C(=O)COc1ccc(C(C)(C)C)cc1. The summed E-state index contributed by atoms with van der Waals surface area (Å²) in [5, 5.41) is 2.84. The summed E-state index contributed by atoms with van der Waals surface area (Å²) in [5.41, 5.74) is 1.52. The van der Waals surface area contributed by atoms with E-state index < -0.39 is 11.9 Å². The van der Waals surface area contributed by atoms with Gasteiger partial charge in [0.1, 0.15) is 17.6 Å². The summed E-state index contributed by atoms with van der Waals surface area (Å²) in [6, 6.07) is 13.1. The minimum absolute atomic E-state index is 0.0175. The Bertz CT molecular complexity index is 904. The normalized spacial score (nSPS) is 12.4. The molecular formula is C26H35FN2O3. The van der Waals surface area contributed by atoms with Gasteiger partial charge in [0.25, 0.3) is 5.91 Å². The Morgan fingerprint density at radius 1 is 1.03 bits per heavy atom. The molecule has 0 radical (unpaired) electrons. The molecule has 1 unspecified atom stereocenters. The average Bonchev–Trinajstić information content (AvgIpc) is 2.74. The summed E-state index contributed by atoms with van der Waals surface area (Å²) in [5.74, 6) is -0.243. The number of nitrogens with one attached hydrogen (secondary N) is 1. The molecule has 0 aliphatic carbocycles. The van der Waals surface area contributed by atoms with Crippen molar-refractivity contribution < 1.29 is 18.7 Å².